The van der Waals surface area contributed by atoms with Crippen molar-refractivity contribution in [3.63, 3.8) is 0 Å². The van der Waals surface area contributed by atoms with Gasteiger partial charge in [-0.15, -0.1) is 11.3 Å². The average molecular weight is 305 g/mol. The fourth-order valence-corrected chi connectivity index (χ4v) is 3.47. The number of amides is 1. The second-order valence-electron chi connectivity index (χ2n) is 5.14. The SMILES string of the molecule is CCc1ccc(C(O)c2cc3c(cc2F)NC(=O)CC3)s1. The molecular weight excluding hydrogens is 289 g/mol. The van der Waals surface area contributed by atoms with E-state index in [-0.39, 0.29) is 11.5 Å². The average Bonchev–Trinajstić information content (AvgIpc) is 2.94. The summed E-state index contributed by atoms with van der Waals surface area (Å²) in [4.78, 5) is 13.2. The zero-order valence-corrected chi connectivity index (χ0v) is 12.5. The van der Waals surface area contributed by atoms with E-state index in [1.165, 1.54) is 17.4 Å². The lowest BCUT2D eigenvalue weighted by Crippen LogP contribution is -2.19. The van der Waals surface area contributed by atoms with Crippen LogP contribution in [0.4, 0.5) is 10.1 Å². The van der Waals surface area contributed by atoms with Gasteiger partial charge in [-0.1, -0.05) is 6.92 Å². The summed E-state index contributed by atoms with van der Waals surface area (Å²) in [6.07, 6.45) is 0.910. The number of fused-ring (bicyclic) bond motifs is 1. The summed E-state index contributed by atoms with van der Waals surface area (Å²) in [5.74, 6) is -0.587. The molecule has 0 bridgehead atoms. The summed E-state index contributed by atoms with van der Waals surface area (Å²) < 4.78 is 14.2. The molecule has 0 spiro atoms. The number of thiophene rings is 1. The van der Waals surface area contributed by atoms with Crippen molar-refractivity contribution in [1.29, 1.82) is 0 Å². The van der Waals surface area contributed by atoms with Crippen LogP contribution >= 0.6 is 11.3 Å². The van der Waals surface area contributed by atoms with Gasteiger partial charge in [0, 0.05) is 27.4 Å². The smallest absolute Gasteiger partial charge is 0.224 e. The Morgan fingerprint density at radius 3 is 2.90 bits per heavy atom. The van der Waals surface area contributed by atoms with Crippen LogP contribution in [0.5, 0.6) is 0 Å². The molecule has 1 unspecified atom stereocenters. The summed E-state index contributed by atoms with van der Waals surface area (Å²) in [5, 5.41) is 13.1. The molecule has 0 saturated heterocycles. The third-order valence-electron chi connectivity index (χ3n) is 3.71. The topological polar surface area (TPSA) is 49.3 Å². The maximum atomic E-state index is 14.2. The number of rotatable bonds is 3. The van der Waals surface area contributed by atoms with Gasteiger partial charge in [0.2, 0.25) is 5.91 Å². The Kier molecular flexibility index (Phi) is 3.78. The lowest BCUT2D eigenvalue weighted by atomic mass is 9.97. The highest BCUT2D eigenvalue weighted by atomic mass is 32.1. The number of aryl methyl sites for hydroxylation is 2. The van der Waals surface area contributed by atoms with Gasteiger partial charge in [0.15, 0.2) is 0 Å². The van der Waals surface area contributed by atoms with Crippen LogP contribution in [-0.2, 0) is 17.6 Å². The van der Waals surface area contributed by atoms with Gasteiger partial charge in [-0.2, -0.15) is 0 Å². The van der Waals surface area contributed by atoms with Crippen molar-refractivity contribution in [3.8, 4) is 0 Å². The van der Waals surface area contributed by atoms with Crippen molar-refractivity contribution in [2.45, 2.75) is 32.3 Å². The lowest BCUT2D eigenvalue weighted by Gasteiger charge is -2.19. The number of carbonyl (C=O) groups is 1. The highest BCUT2D eigenvalue weighted by Gasteiger charge is 2.22. The van der Waals surface area contributed by atoms with E-state index in [4.69, 9.17) is 0 Å². The van der Waals surface area contributed by atoms with Gasteiger partial charge in [0.25, 0.3) is 0 Å². The molecule has 3 nitrogen and oxygen atoms in total. The fourth-order valence-electron chi connectivity index (χ4n) is 2.52. The van der Waals surface area contributed by atoms with Crippen molar-refractivity contribution in [3.05, 3.63) is 51.0 Å². The molecule has 1 aromatic heterocycles. The van der Waals surface area contributed by atoms with Crippen LogP contribution in [0.15, 0.2) is 24.3 Å². The van der Waals surface area contributed by atoms with Crippen LogP contribution in [0.2, 0.25) is 0 Å². The van der Waals surface area contributed by atoms with Gasteiger partial charge < -0.3 is 10.4 Å². The van der Waals surface area contributed by atoms with Crippen LogP contribution in [0.3, 0.4) is 0 Å². The van der Waals surface area contributed by atoms with Crippen LogP contribution < -0.4 is 5.32 Å². The van der Waals surface area contributed by atoms with Gasteiger partial charge in [-0.25, -0.2) is 4.39 Å². The van der Waals surface area contributed by atoms with Crippen LogP contribution in [0.1, 0.15) is 40.3 Å². The first-order valence-corrected chi connectivity index (χ1v) is 7.79. The minimum absolute atomic E-state index is 0.0963. The maximum Gasteiger partial charge on any atom is 0.224 e. The molecule has 2 N–H and O–H groups in total. The minimum atomic E-state index is -0.960. The molecule has 0 radical (unpaired) electrons. The number of anilines is 1. The molecule has 1 amide bonds. The molecule has 2 aromatic rings. The molecule has 21 heavy (non-hydrogen) atoms. The summed E-state index contributed by atoms with van der Waals surface area (Å²) in [7, 11) is 0. The molecular formula is C16H16FNO2S. The molecule has 3 rings (SSSR count). The number of aliphatic hydroxyl groups is 1. The minimum Gasteiger partial charge on any atom is -0.383 e. The van der Waals surface area contributed by atoms with Crippen molar-refractivity contribution in [2.75, 3.05) is 5.32 Å². The molecule has 5 heteroatoms. The molecule has 1 aliphatic rings. The zero-order valence-electron chi connectivity index (χ0n) is 11.6. The highest BCUT2D eigenvalue weighted by Crippen LogP contribution is 2.34. The van der Waals surface area contributed by atoms with E-state index < -0.39 is 11.9 Å². The molecule has 0 saturated carbocycles. The number of nitrogens with one attached hydrogen (secondary N) is 1. The Labute approximate surface area is 126 Å². The fraction of sp³-hybridized carbons (Fsp3) is 0.312. The number of hydrogen-bond acceptors (Lipinski definition) is 3. The van der Waals surface area contributed by atoms with Crippen molar-refractivity contribution >= 4 is 22.9 Å². The van der Waals surface area contributed by atoms with E-state index in [1.54, 1.807) is 6.07 Å². The Hall–Kier alpha value is -1.72. The molecule has 1 atom stereocenters. The second kappa shape index (κ2) is 5.58. The molecule has 0 fully saturated rings. The Bertz CT molecular complexity index is 696. The van der Waals surface area contributed by atoms with Gasteiger partial charge in [-0.3, -0.25) is 4.79 Å². The number of halogens is 1. The number of carbonyl (C=O) groups excluding carboxylic acids is 1. The molecule has 1 aromatic carbocycles. The van der Waals surface area contributed by atoms with Crippen molar-refractivity contribution in [1.82, 2.24) is 0 Å². The molecule has 0 aliphatic carbocycles. The third kappa shape index (κ3) is 2.71. The van der Waals surface area contributed by atoms with Gasteiger partial charge in [0.1, 0.15) is 11.9 Å². The van der Waals surface area contributed by atoms with E-state index in [9.17, 15) is 14.3 Å². The predicted octanol–water partition coefficient (Wildman–Crippen LogP) is 3.42. The number of aliphatic hydroxyl groups excluding tert-OH is 1. The van der Waals surface area contributed by atoms with Crippen LogP contribution in [-0.4, -0.2) is 11.0 Å². The summed E-state index contributed by atoms with van der Waals surface area (Å²) in [5.41, 5.74) is 1.66. The maximum absolute atomic E-state index is 14.2. The van der Waals surface area contributed by atoms with E-state index >= 15 is 0 Å². The second-order valence-corrected chi connectivity index (χ2v) is 6.34. The van der Waals surface area contributed by atoms with Gasteiger partial charge in [0.05, 0.1) is 0 Å². The first-order chi connectivity index (χ1) is 10.1. The van der Waals surface area contributed by atoms with Gasteiger partial charge >= 0.3 is 0 Å². The Morgan fingerprint density at radius 1 is 1.38 bits per heavy atom. The Morgan fingerprint density at radius 2 is 2.19 bits per heavy atom. The lowest BCUT2D eigenvalue weighted by molar-refractivity contribution is -0.116. The van der Waals surface area contributed by atoms with E-state index in [2.05, 4.69) is 5.32 Å². The zero-order chi connectivity index (χ0) is 15.0. The number of benzene rings is 1. The van der Waals surface area contributed by atoms with E-state index in [1.807, 2.05) is 19.1 Å². The Balaban J connectivity index is 1.96. The monoisotopic (exact) mass is 305 g/mol. The number of hydrogen-bond donors (Lipinski definition) is 2. The first-order valence-electron chi connectivity index (χ1n) is 6.97. The normalized spacial score (nSPS) is 15.5. The summed E-state index contributed by atoms with van der Waals surface area (Å²) >= 11 is 1.50. The quantitative estimate of drug-likeness (QED) is 0.913. The van der Waals surface area contributed by atoms with Crippen LogP contribution in [0, 0.1) is 5.82 Å². The largest absolute Gasteiger partial charge is 0.383 e. The first kappa shape index (κ1) is 14.2. The predicted molar refractivity (Wildman–Crippen MR) is 81.1 cm³/mol. The van der Waals surface area contributed by atoms with Crippen LogP contribution in [0.25, 0.3) is 0 Å². The summed E-state index contributed by atoms with van der Waals surface area (Å²) in [6, 6.07) is 6.77. The summed E-state index contributed by atoms with van der Waals surface area (Å²) in [6.45, 7) is 2.05. The van der Waals surface area contributed by atoms with Crippen molar-refractivity contribution in [2.24, 2.45) is 0 Å². The van der Waals surface area contributed by atoms with Gasteiger partial charge in [-0.05, 0) is 42.7 Å². The molecule has 110 valence electrons. The van der Waals surface area contributed by atoms with E-state index in [0.717, 1.165) is 21.7 Å². The standard InChI is InChI=1S/C16H16FNO2S/c1-2-10-4-5-14(21-10)16(20)11-7-9-3-6-15(19)18-13(9)8-12(11)17/h4-5,7-8,16,20H,2-3,6H2,1H3,(H,18,19). The van der Waals surface area contributed by atoms with Crippen molar-refractivity contribution < 1.29 is 14.3 Å². The highest BCUT2D eigenvalue weighted by molar-refractivity contribution is 7.12. The van der Waals surface area contributed by atoms with E-state index in [0.29, 0.717) is 18.5 Å². The molecule has 1 aliphatic heterocycles. The molecule has 2 heterocycles. The third-order valence-corrected chi connectivity index (χ3v) is 4.99.